The van der Waals surface area contributed by atoms with E-state index in [0.29, 0.717) is 19.4 Å². The molecule has 0 atom stereocenters. The summed E-state index contributed by atoms with van der Waals surface area (Å²) in [6.45, 7) is 0.501. The number of aliphatic hydroxyl groups excluding tert-OH is 1. The van der Waals surface area contributed by atoms with Crippen molar-refractivity contribution in [1.29, 1.82) is 0 Å². The van der Waals surface area contributed by atoms with Crippen molar-refractivity contribution >= 4 is 5.97 Å². The zero-order chi connectivity index (χ0) is 16.3. The third kappa shape index (κ3) is 3.08. The predicted octanol–water partition coefficient (Wildman–Crippen LogP) is 2.83. The van der Waals surface area contributed by atoms with Crippen molar-refractivity contribution in [2.75, 3.05) is 7.11 Å². The molecule has 2 aromatic rings. The van der Waals surface area contributed by atoms with Gasteiger partial charge in [0.25, 0.3) is 0 Å². The largest absolute Gasteiger partial charge is 0.489 e. The maximum atomic E-state index is 12.1. The third-order valence-electron chi connectivity index (χ3n) is 4.40. The Morgan fingerprint density at radius 2 is 1.78 bits per heavy atom. The molecular formula is C19H20O4. The summed E-state index contributed by atoms with van der Waals surface area (Å²) in [5.41, 5.74) is 1.25. The monoisotopic (exact) mass is 312 g/mol. The lowest BCUT2D eigenvalue weighted by atomic mass is 9.62. The fraction of sp³-hybridized carbons (Fsp3) is 0.316. The topological polar surface area (TPSA) is 55.8 Å². The number of carbonyl (C=O) groups excluding carboxylic acids is 1. The predicted molar refractivity (Wildman–Crippen MR) is 86.2 cm³/mol. The Morgan fingerprint density at radius 3 is 2.35 bits per heavy atom. The SMILES string of the molecule is COC(=O)C1(c2ccc(OCc3ccccc3)cc2)CC(O)C1. The van der Waals surface area contributed by atoms with Gasteiger partial charge in [-0.1, -0.05) is 42.5 Å². The molecule has 1 saturated carbocycles. The van der Waals surface area contributed by atoms with Crippen molar-refractivity contribution in [3.05, 3.63) is 65.7 Å². The summed E-state index contributed by atoms with van der Waals surface area (Å²) in [6.07, 6.45) is 0.372. The highest BCUT2D eigenvalue weighted by Crippen LogP contribution is 2.45. The molecule has 0 bridgehead atoms. The van der Waals surface area contributed by atoms with Crippen LogP contribution in [-0.4, -0.2) is 24.3 Å². The molecule has 1 N–H and O–H groups in total. The Balaban J connectivity index is 1.70. The van der Waals surface area contributed by atoms with Gasteiger partial charge < -0.3 is 14.6 Å². The van der Waals surface area contributed by atoms with E-state index in [1.807, 2.05) is 54.6 Å². The van der Waals surface area contributed by atoms with Gasteiger partial charge in [-0.05, 0) is 36.1 Å². The van der Waals surface area contributed by atoms with E-state index >= 15 is 0 Å². The summed E-state index contributed by atoms with van der Waals surface area (Å²) in [6, 6.07) is 17.4. The Labute approximate surface area is 135 Å². The minimum absolute atomic E-state index is 0.291. The van der Waals surface area contributed by atoms with Crippen LogP contribution >= 0.6 is 0 Å². The quantitative estimate of drug-likeness (QED) is 0.863. The van der Waals surface area contributed by atoms with Crippen LogP contribution in [-0.2, 0) is 21.6 Å². The molecule has 23 heavy (non-hydrogen) atoms. The molecule has 0 radical (unpaired) electrons. The molecule has 0 unspecified atom stereocenters. The fourth-order valence-corrected chi connectivity index (χ4v) is 3.07. The van der Waals surface area contributed by atoms with E-state index in [1.165, 1.54) is 7.11 Å². The molecule has 0 aliphatic heterocycles. The third-order valence-corrected chi connectivity index (χ3v) is 4.40. The minimum atomic E-state index is -0.716. The van der Waals surface area contributed by atoms with Crippen LogP contribution in [0.4, 0.5) is 0 Å². The van der Waals surface area contributed by atoms with E-state index in [2.05, 4.69) is 0 Å². The fourth-order valence-electron chi connectivity index (χ4n) is 3.07. The van der Waals surface area contributed by atoms with Crippen LogP contribution in [0.15, 0.2) is 54.6 Å². The maximum Gasteiger partial charge on any atom is 0.316 e. The van der Waals surface area contributed by atoms with Crippen molar-refractivity contribution < 1.29 is 19.4 Å². The molecular weight excluding hydrogens is 292 g/mol. The van der Waals surface area contributed by atoms with Crippen LogP contribution in [0.2, 0.25) is 0 Å². The molecule has 1 aliphatic rings. The van der Waals surface area contributed by atoms with Crippen molar-refractivity contribution in [2.24, 2.45) is 0 Å². The summed E-state index contributed by atoms with van der Waals surface area (Å²) in [7, 11) is 1.38. The second-order valence-electron chi connectivity index (χ2n) is 5.93. The van der Waals surface area contributed by atoms with E-state index < -0.39 is 11.5 Å². The average Bonchev–Trinajstić information content (AvgIpc) is 2.58. The van der Waals surface area contributed by atoms with Gasteiger partial charge in [-0.3, -0.25) is 4.79 Å². The molecule has 2 aromatic carbocycles. The molecule has 0 heterocycles. The zero-order valence-corrected chi connectivity index (χ0v) is 13.1. The van der Waals surface area contributed by atoms with Gasteiger partial charge in [-0.25, -0.2) is 0 Å². The maximum absolute atomic E-state index is 12.1. The Hall–Kier alpha value is -2.33. The normalized spacial score (nSPS) is 23.0. The second-order valence-corrected chi connectivity index (χ2v) is 5.93. The van der Waals surface area contributed by atoms with E-state index in [4.69, 9.17) is 9.47 Å². The average molecular weight is 312 g/mol. The number of hydrogen-bond acceptors (Lipinski definition) is 4. The van der Waals surface area contributed by atoms with E-state index in [1.54, 1.807) is 0 Å². The molecule has 120 valence electrons. The lowest BCUT2D eigenvalue weighted by molar-refractivity contribution is -0.156. The van der Waals surface area contributed by atoms with Crippen LogP contribution in [0.5, 0.6) is 5.75 Å². The Morgan fingerprint density at radius 1 is 1.13 bits per heavy atom. The van der Waals surface area contributed by atoms with Crippen molar-refractivity contribution in [3.63, 3.8) is 0 Å². The molecule has 0 amide bonds. The van der Waals surface area contributed by atoms with Gasteiger partial charge in [0.15, 0.2) is 0 Å². The van der Waals surface area contributed by atoms with Gasteiger partial charge in [0, 0.05) is 0 Å². The molecule has 3 rings (SSSR count). The van der Waals surface area contributed by atoms with E-state index in [0.717, 1.165) is 16.9 Å². The highest BCUT2D eigenvalue weighted by molar-refractivity contribution is 5.84. The second kappa shape index (κ2) is 6.42. The summed E-state index contributed by atoms with van der Waals surface area (Å²) in [4.78, 5) is 12.1. The number of ether oxygens (including phenoxy) is 2. The first-order chi connectivity index (χ1) is 11.1. The number of benzene rings is 2. The lowest BCUT2D eigenvalue weighted by Crippen LogP contribution is -2.51. The molecule has 0 aromatic heterocycles. The Kier molecular flexibility index (Phi) is 4.35. The smallest absolute Gasteiger partial charge is 0.316 e. The first-order valence-corrected chi connectivity index (χ1v) is 7.68. The van der Waals surface area contributed by atoms with Gasteiger partial charge in [0.2, 0.25) is 0 Å². The highest BCUT2D eigenvalue weighted by Gasteiger charge is 2.51. The van der Waals surface area contributed by atoms with E-state index in [-0.39, 0.29) is 5.97 Å². The lowest BCUT2D eigenvalue weighted by Gasteiger charge is -2.43. The first-order valence-electron chi connectivity index (χ1n) is 7.68. The van der Waals surface area contributed by atoms with Gasteiger partial charge in [-0.2, -0.15) is 0 Å². The minimum Gasteiger partial charge on any atom is -0.489 e. The van der Waals surface area contributed by atoms with Gasteiger partial charge in [0.05, 0.1) is 18.6 Å². The molecule has 0 saturated heterocycles. The van der Waals surface area contributed by atoms with Crippen LogP contribution in [0.25, 0.3) is 0 Å². The summed E-state index contributed by atoms with van der Waals surface area (Å²) in [5.74, 6) is 0.457. The Bertz CT molecular complexity index is 658. The van der Waals surface area contributed by atoms with Crippen LogP contribution < -0.4 is 4.74 Å². The summed E-state index contributed by atoms with van der Waals surface area (Å²) >= 11 is 0. The summed E-state index contributed by atoms with van der Waals surface area (Å²) in [5, 5.41) is 9.62. The number of hydrogen-bond donors (Lipinski definition) is 1. The van der Waals surface area contributed by atoms with Crippen LogP contribution in [0, 0.1) is 0 Å². The van der Waals surface area contributed by atoms with Gasteiger partial charge in [0.1, 0.15) is 12.4 Å². The number of esters is 1. The number of carbonyl (C=O) groups is 1. The van der Waals surface area contributed by atoms with Crippen molar-refractivity contribution in [2.45, 2.75) is 31.0 Å². The molecule has 0 spiro atoms. The van der Waals surface area contributed by atoms with E-state index in [9.17, 15) is 9.90 Å². The zero-order valence-electron chi connectivity index (χ0n) is 13.1. The van der Waals surface area contributed by atoms with Gasteiger partial charge in [-0.15, -0.1) is 0 Å². The van der Waals surface area contributed by atoms with Crippen molar-refractivity contribution in [3.8, 4) is 5.75 Å². The number of methoxy groups -OCH3 is 1. The van der Waals surface area contributed by atoms with Gasteiger partial charge >= 0.3 is 5.97 Å². The molecule has 1 fully saturated rings. The number of rotatable bonds is 5. The van der Waals surface area contributed by atoms with Crippen LogP contribution in [0.1, 0.15) is 24.0 Å². The van der Waals surface area contributed by atoms with Crippen molar-refractivity contribution in [1.82, 2.24) is 0 Å². The molecule has 4 heteroatoms. The number of aliphatic hydroxyl groups is 1. The van der Waals surface area contributed by atoms with Crippen LogP contribution in [0.3, 0.4) is 0 Å². The summed E-state index contributed by atoms with van der Waals surface area (Å²) < 4.78 is 10.7. The standard InChI is InChI=1S/C19H20O4/c1-22-18(21)19(11-16(20)12-19)15-7-9-17(10-8-15)23-13-14-5-3-2-4-6-14/h2-10,16,20H,11-13H2,1H3. The first kappa shape index (κ1) is 15.6. The molecule has 4 nitrogen and oxygen atoms in total. The molecule has 1 aliphatic carbocycles. The highest BCUT2D eigenvalue weighted by atomic mass is 16.5.